The lowest BCUT2D eigenvalue weighted by atomic mass is 9.80. The minimum Gasteiger partial charge on any atom is -0.489 e. The quantitative estimate of drug-likeness (QED) is 0.826. The number of likely N-dealkylation sites (tertiary alicyclic amines) is 1. The van der Waals surface area contributed by atoms with Crippen LogP contribution in [-0.4, -0.2) is 37.1 Å². The van der Waals surface area contributed by atoms with Crippen LogP contribution in [0.2, 0.25) is 0 Å². The molecule has 0 amide bonds. The van der Waals surface area contributed by atoms with Crippen LogP contribution in [0.1, 0.15) is 49.1 Å². The van der Waals surface area contributed by atoms with Crippen molar-refractivity contribution in [1.29, 1.82) is 0 Å². The third-order valence-electron chi connectivity index (χ3n) is 7.32. The number of hydrogen-bond donors (Lipinski definition) is 1. The molecule has 2 saturated heterocycles. The Morgan fingerprint density at radius 1 is 0.929 bits per heavy atom. The molecule has 2 aliphatic heterocycles. The molecule has 0 unspecified atom stereocenters. The average molecular weight is 377 g/mol. The number of piperidine rings is 1. The Morgan fingerprint density at radius 3 is 2.39 bits per heavy atom. The van der Waals surface area contributed by atoms with Gasteiger partial charge in [0, 0.05) is 19.1 Å². The summed E-state index contributed by atoms with van der Waals surface area (Å²) < 4.78 is 6.23. The van der Waals surface area contributed by atoms with Gasteiger partial charge in [0.2, 0.25) is 0 Å². The van der Waals surface area contributed by atoms with E-state index in [9.17, 15) is 0 Å². The van der Waals surface area contributed by atoms with Crippen molar-refractivity contribution in [2.24, 2.45) is 5.41 Å². The van der Waals surface area contributed by atoms with E-state index in [0.29, 0.717) is 17.9 Å². The number of nitrogens with zero attached hydrogens (tertiary/aromatic N) is 1. The molecule has 2 aromatic carbocycles. The molecular weight excluding hydrogens is 344 g/mol. The predicted octanol–water partition coefficient (Wildman–Crippen LogP) is 4.59. The molecule has 28 heavy (non-hydrogen) atoms. The second kappa shape index (κ2) is 7.88. The number of ether oxygens (including phenoxy) is 1. The monoisotopic (exact) mass is 376 g/mol. The van der Waals surface area contributed by atoms with Crippen LogP contribution in [0.15, 0.2) is 54.6 Å². The number of rotatable bonds is 5. The lowest BCUT2D eigenvalue weighted by Gasteiger charge is -2.41. The van der Waals surface area contributed by atoms with Crippen molar-refractivity contribution in [3.63, 3.8) is 0 Å². The molecule has 0 bridgehead atoms. The minimum atomic E-state index is 0.629. The summed E-state index contributed by atoms with van der Waals surface area (Å²) in [6, 6.07) is 20.0. The average Bonchev–Trinajstić information content (AvgIpc) is 3.20. The summed E-state index contributed by atoms with van der Waals surface area (Å²) in [4.78, 5) is 2.79. The van der Waals surface area contributed by atoms with Crippen molar-refractivity contribution in [2.75, 3.05) is 26.2 Å². The Hall–Kier alpha value is -1.84. The van der Waals surface area contributed by atoms with Gasteiger partial charge in [0.15, 0.2) is 0 Å². The molecule has 3 nitrogen and oxygen atoms in total. The van der Waals surface area contributed by atoms with Crippen molar-refractivity contribution >= 4 is 0 Å². The predicted molar refractivity (Wildman–Crippen MR) is 114 cm³/mol. The van der Waals surface area contributed by atoms with E-state index in [0.717, 1.165) is 11.8 Å². The fourth-order valence-corrected chi connectivity index (χ4v) is 5.55. The highest BCUT2D eigenvalue weighted by atomic mass is 16.5. The second-order valence-electron chi connectivity index (χ2n) is 9.12. The first-order valence-corrected chi connectivity index (χ1v) is 11.0. The van der Waals surface area contributed by atoms with Crippen LogP contribution in [0.5, 0.6) is 5.75 Å². The first kappa shape index (κ1) is 18.2. The maximum atomic E-state index is 6.23. The van der Waals surface area contributed by atoms with Gasteiger partial charge in [-0.15, -0.1) is 0 Å². The zero-order chi connectivity index (χ0) is 18.8. The number of benzene rings is 2. The van der Waals surface area contributed by atoms with E-state index in [1.54, 1.807) is 0 Å². The summed E-state index contributed by atoms with van der Waals surface area (Å²) in [6.45, 7) is 5.64. The van der Waals surface area contributed by atoms with Crippen LogP contribution in [0.25, 0.3) is 0 Å². The van der Waals surface area contributed by atoms with Crippen molar-refractivity contribution in [2.45, 2.75) is 50.7 Å². The molecule has 1 aliphatic carbocycles. The second-order valence-corrected chi connectivity index (χ2v) is 9.12. The maximum absolute atomic E-state index is 6.23. The van der Waals surface area contributed by atoms with E-state index in [1.807, 2.05) is 0 Å². The molecule has 1 spiro atoms. The summed E-state index contributed by atoms with van der Waals surface area (Å²) in [5.74, 6) is 1.70. The SMILES string of the molecule is c1ccc(COc2ccccc2C2CCN([C@@H]3CCC4(CNC4)C3)CC2)cc1. The molecule has 148 valence electrons. The van der Waals surface area contributed by atoms with Gasteiger partial charge in [-0.1, -0.05) is 48.5 Å². The van der Waals surface area contributed by atoms with Crippen molar-refractivity contribution < 1.29 is 4.74 Å². The van der Waals surface area contributed by atoms with Crippen molar-refractivity contribution in [1.82, 2.24) is 10.2 Å². The van der Waals surface area contributed by atoms with Gasteiger partial charge < -0.3 is 15.0 Å². The Balaban J connectivity index is 1.19. The number of hydrogen-bond acceptors (Lipinski definition) is 3. The minimum absolute atomic E-state index is 0.629. The summed E-state index contributed by atoms with van der Waals surface area (Å²) in [5, 5.41) is 3.49. The summed E-state index contributed by atoms with van der Waals surface area (Å²) in [5.41, 5.74) is 3.29. The fourth-order valence-electron chi connectivity index (χ4n) is 5.55. The molecule has 5 rings (SSSR count). The van der Waals surface area contributed by atoms with Crippen LogP contribution in [0.3, 0.4) is 0 Å². The molecule has 1 saturated carbocycles. The largest absolute Gasteiger partial charge is 0.489 e. The van der Waals surface area contributed by atoms with E-state index >= 15 is 0 Å². The molecule has 2 aromatic rings. The maximum Gasteiger partial charge on any atom is 0.123 e. The highest BCUT2D eigenvalue weighted by molar-refractivity contribution is 5.37. The first-order valence-electron chi connectivity index (χ1n) is 11.0. The van der Waals surface area contributed by atoms with Gasteiger partial charge in [0.1, 0.15) is 12.4 Å². The molecule has 2 heterocycles. The van der Waals surface area contributed by atoms with Gasteiger partial charge in [-0.25, -0.2) is 0 Å². The van der Waals surface area contributed by atoms with E-state index < -0.39 is 0 Å². The van der Waals surface area contributed by atoms with E-state index in [2.05, 4.69) is 64.8 Å². The first-order chi connectivity index (χ1) is 13.8. The molecule has 3 fully saturated rings. The lowest BCUT2D eigenvalue weighted by Crippen LogP contribution is -2.52. The summed E-state index contributed by atoms with van der Waals surface area (Å²) in [7, 11) is 0. The highest BCUT2D eigenvalue weighted by Crippen LogP contribution is 2.44. The van der Waals surface area contributed by atoms with Gasteiger partial charge in [0.05, 0.1) is 0 Å². The van der Waals surface area contributed by atoms with Gasteiger partial charge >= 0.3 is 0 Å². The topological polar surface area (TPSA) is 24.5 Å². The third kappa shape index (κ3) is 3.70. The number of nitrogens with one attached hydrogen (secondary N) is 1. The van der Waals surface area contributed by atoms with Crippen LogP contribution >= 0.6 is 0 Å². The zero-order valence-corrected chi connectivity index (χ0v) is 16.8. The number of para-hydroxylation sites is 1. The van der Waals surface area contributed by atoms with E-state index in [4.69, 9.17) is 4.74 Å². The Kier molecular flexibility index (Phi) is 5.13. The zero-order valence-electron chi connectivity index (χ0n) is 16.8. The summed E-state index contributed by atoms with van der Waals surface area (Å²) >= 11 is 0. The van der Waals surface area contributed by atoms with Crippen LogP contribution < -0.4 is 10.1 Å². The summed E-state index contributed by atoms with van der Waals surface area (Å²) in [6.07, 6.45) is 6.77. The molecule has 0 aromatic heterocycles. The Labute approximate surface area is 169 Å². The van der Waals surface area contributed by atoms with Gasteiger partial charge in [-0.2, -0.15) is 0 Å². The van der Waals surface area contributed by atoms with Crippen molar-refractivity contribution in [3.05, 3.63) is 65.7 Å². The van der Waals surface area contributed by atoms with E-state index in [-0.39, 0.29) is 0 Å². The smallest absolute Gasteiger partial charge is 0.123 e. The van der Waals surface area contributed by atoms with Gasteiger partial charge in [-0.05, 0) is 73.7 Å². The molecule has 3 aliphatic rings. The van der Waals surface area contributed by atoms with Gasteiger partial charge in [-0.3, -0.25) is 0 Å². The van der Waals surface area contributed by atoms with E-state index in [1.165, 1.54) is 69.4 Å². The molecule has 1 N–H and O–H groups in total. The van der Waals surface area contributed by atoms with Crippen LogP contribution in [-0.2, 0) is 6.61 Å². The molecule has 0 radical (unpaired) electrons. The molecule has 1 atom stereocenters. The lowest BCUT2D eigenvalue weighted by molar-refractivity contribution is 0.120. The van der Waals surface area contributed by atoms with Crippen molar-refractivity contribution in [3.8, 4) is 5.75 Å². The molecular formula is C25H32N2O. The fraction of sp³-hybridized carbons (Fsp3) is 0.520. The standard InChI is InChI=1S/C25H32N2O/c1-2-6-20(7-3-1)17-28-24-9-5-4-8-23(24)21-11-14-27(15-12-21)22-10-13-25(16-22)18-26-19-25/h1-9,21-22,26H,10-19H2/t22-/m1/s1. The van der Waals surface area contributed by atoms with Gasteiger partial charge in [0.25, 0.3) is 0 Å². The normalized spacial score (nSPS) is 24.9. The highest BCUT2D eigenvalue weighted by Gasteiger charge is 2.45. The Morgan fingerprint density at radius 2 is 1.68 bits per heavy atom. The third-order valence-corrected chi connectivity index (χ3v) is 7.32. The molecule has 3 heteroatoms. The van der Waals surface area contributed by atoms with Crippen LogP contribution in [0, 0.1) is 5.41 Å². The van der Waals surface area contributed by atoms with Crippen LogP contribution in [0.4, 0.5) is 0 Å². The Bertz CT molecular complexity index is 778.